The van der Waals surface area contributed by atoms with Crippen molar-refractivity contribution in [2.24, 2.45) is 0 Å². The SMILES string of the molecule is O=[S@@](Cc1nc(-c2ccco2)no1)Cc1ccc(F)cc1Cl. The van der Waals surface area contributed by atoms with Crippen LogP contribution in [0.1, 0.15) is 11.5 Å². The largest absolute Gasteiger partial charge is 0.461 e. The summed E-state index contributed by atoms with van der Waals surface area (Å²) in [7, 11) is -1.31. The van der Waals surface area contributed by atoms with Crippen molar-refractivity contribution >= 4 is 22.4 Å². The van der Waals surface area contributed by atoms with Crippen LogP contribution in [0.5, 0.6) is 0 Å². The van der Waals surface area contributed by atoms with Gasteiger partial charge in [-0.1, -0.05) is 22.8 Å². The predicted molar refractivity (Wildman–Crippen MR) is 79.0 cm³/mol. The zero-order valence-electron chi connectivity index (χ0n) is 11.2. The minimum atomic E-state index is -1.31. The van der Waals surface area contributed by atoms with Crippen LogP contribution in [0.4, 0.5) is 4.39 Å². The van der Waals surface area contributed by atoms with Gasteiger partial charge in [0, 0.05) is 15.8 Å². The van der Waals surface area contributed by atoms with Gasteiger partial charge in [-0.3, -0.25) is 4.21 Å². The fourth-order valence-corrected chi connectivity index (χ4v) is 3.23. The molecule has 0 aliphatic carbocycles. The van der Waals surface area contributed by atoms with Crippen LogP contribution in [0.2, 0.25) is 5.02 Å². The number of rotatable bonds is 5. The number of halogens is 2. The molecule has 0 bridgehead atoms. The molecule has 0 saturated heterocycles. The number of hydrogen-bond donors (Lipinski definition) is 0. The molecule has 0 radical (unpaired) electrons. The maximum atomic E-state index is 13.0. The van der Waals surface area contributed by atoms with E-state index in [2.05, 4.69) is 10.1 Å². The van der Waals surface area contributed by atoms with Crippen molar-refractivity contribution in [1.29, 1.82) is 0 Å². The molecule has 3 aromatic rings. The van der Waals surface area contributed by atoms with E-state index in [1.807, 2.05) is 0 Å². The van der Waals surface area contributed by atoms with Gasteiger partial charge in [0.15, 0.2) is 5.76 Å². The van der Waals surface area contributed by atoms with Gasteiger partial charge < -0.3 is 8.94 Å². The zero-order chi connectivity index (χ0) is 15.5. The van der Waals surface area contributed by atoms with Gasteiger partial charge in [0.05, 0.1) is 12.0 Å². The molecule has 3 rings (SSSR count). The Morgan fingerprint density at radius 3 is 2.86 bits per heavy atom. The van der Waals surface area contributed by atoms with E-state index in [4.69, 9.17) is 20.5 Å². The Kier molecular flexibility index (Phi) is 4.35. The standard InChI is InChI=1S/C14H10ClFN2O3S/c15-11-6-10(16)4-3-9(11)7-22(19)8-13-17-14(18-21-13)12-2-1-5-20-12/h1-6H,7-8H2/t22-/m1/s1. The van der Waals surface area contributed by atoms with E-state index >= 15 is 0 Å². The van der Waals surface area contributed by atoms with E-state index in [-0.39, 0.29) is 22.4 Å². The molecule has 8 heteroatoms. The van der Waals surface area contributed by atoms with Crippen molar-refractivity contribution < 1.29 is 17.5 Å². The highest BCUT2D eigenvalue weighted by atomic mass is 35.5. The van der Waals surface area contributed by atoms with Crippen molar-refractivity contribution in [3.63, 3.8) is 0 Å². The Balaban J connectivity index is 1.67. The maximum absolute atomic E-state index is 13.0. The van der Waals surface area contributed by atoms with Crippen LogP contribution in [0, 0.1) is 5.82 Å². The Labute approximate surface area is 132 Å². The van der Waals surface area contributed by atoms with Gasteiger partial charge in [-0.2, -0.15) is 4.98 Å². The topological polar surface area (TPSA) is 69.1 Å². The summed E-state index contributed by atoms with van der Waals surface area (Å²) in [6.07, 6.45) is 1.50. The smallest absolute Gasteiger partial charge is 0.239 e. The molecule has 0 fully saturated rings. The normalized spacial score (nSPS) is 12.5. The summed E-state index contributed by atoms with van der Waals surface area (Å²) < 4.78 is 35.3. The number of nitrogens with zero attached hydrogens (tertiary/aromatic N) is 2. The highest BCUT2D eigenvalue weighted by Crippen LogP contribution is 2.20. The fraction of sp³-hybridized carbons (Fsp3) is 0.143. The molecule has 0 spiro atoms. The van der Waals surface area contributed by atoms with Gasteiger partial charge in [-0.15, -0.1) is 0 Å². The van der Waals surface area contributed by atoms with Crippen molar-refractivity contribution in [3.8, 4) is 11.6 Å². The second kappa shape index (κ2) is 6.41. The summed E-state index contributed by atoms with van der Waals surface area (Å²) in [6, 6.07) is 7.39. The van der Waals surface area contributed by atoms with E-state index in [0.29, 0.717) is 17.1 Å². The Morgan fingerprint density at radius 2 is 2.14 bits per heavy atom. The average molecular weight is 341 g/mol. The first-order chi connectivity index (χ1) is 10.6. The molecule has 0 unspecified atom stereocenters. The summed E-state index contributed by atoms with van der Waals surface area (Å²) >= 11 is 5.91. The van der Waals surface area contributed by atoms with Crippen LogP contribution in [-0.2, 0) is 22.3 Å². The molecule has 0 saturated carbocycles. The molecule has 114 valence electrons. The monoisotopic (exact) mass is 340 g/mol. The quantitative estimate of drug-likeness (QED) is 0.710. The van der Waals surface area contributed by atoms with Crippen molar-refractivity contribution in [1.82, 2.24) is 10.1 Å². The van der Waals surface area contributed by atoms with Gasteiger partial charge in [0.1, 0.15) is 11.6 Å². The van der Waals surface area contributed by atoms with Crippen molar-refractivity contribution in [2.45, 2.75) is 11.5 Å². The van der Waals surface area contributed by atoms with Gasteiger partial charge in [0.2, 0.25) is 11.7 Å². The van der Waals surface area contributed by atoms with E-state index in [1.165, 1.54) is 24.5 Å². The van der Waals surface area contributed by atoms with Gasteiger partial charge in [-0.05, 0) is 29.8 Å². The molecule has 22 heavy (non-hydrogen) atoms. The molecule has 2 heterocycles. The Bertz CT molecular complexity index is 804. The lowest BCUT2D eigenvalue weighted by Gasteiger charge is -2.03. The van der Waals surface area contributed by atoms with E-state index in [9.17, 15) is 8.60 Å². The number of hydrogen-bond acceptors (Lipinski definition) is 5. The predicted octanol–water partition coefficient (Wildman–Crippen LogP) is 3.57. The Morgan fingerprint density at radius 1 is 1.27 bits per heavy atom. The number of furan rings is 1. The minimum absolute atomic E-state index is 0.0847. The lowest BCUT2D eigenvalue weighted by atomic mass is 10.2. The van der Waals surface area contributed by atoms with Crippen LogP contribution in [-0.4, -0.2) is 14.3 Å². The second-order valence-corrected chi connectivity index (χ2v) is 6.32. The van der Waals surface area contributed by atoms with E-state index in [0.717, 1.165) is 0 Å². The molecular formula is C14H10ClFN2O3S. The zero-order valence-corrected chi connectivity index (χ0v) is 12.7. The lowest BCUT2D eigenvalue weighted by Crippen LogP contribution is -2.00. The van der Waals surface area contributed by atoms with Crippen LogP contribution in [0.25, 0.3) is 11.6 Å². The molecule has 0 amide bonds. The van der Waals surface area contributed by atoms with Gasteiger partial charge in [-0.25, -0.2) is 4.39 Å². The number of benzene rings is 1. The highest BCUT2D eigenvalue weighted by molar-refractivity contribution is 7.83. The summed E-state index contributed by atoms with van der Waals surface area (Å²) in [5, 5.41) is 4.00. The van der Waals surface area contributed by atoms with Crippen LogP contribution >= 0.6 is 11.6 Å². The summed E-state index contributed by atoms with van der Waals surface area (Å²) in [6.45, 7) is 0. The van der Waals surface area contributed by atoms with Crippen LogP contribution < -0.4 is 0 Å². The second-order valence-electron chi connectivity index (χ2n) is 4.45. The molecule has 5 nitrogen and oxygen atoms in total. The Hall–Kier alpha value is -1.99. The molecule has 0 N–H and O–H groups in total. The third-order valence-corrected chi connectivity index (χ3v) is 4.38. The molecule has 1 aromatic carbocycles. The van der Waals surface area contributed by atoms with E-state index in [1.54, 1.807) is 12.1 Å². The third-order valence-electron chi connectivity index (χ3n) is 2.83. The van der Waals surface area contributed by atoms with Crippen molar-refractivity contribution in [2.75, 3.05) is 0 Å². The fourth-order valence-electron chi connectivity index (χ4n) is 1.82. The highest BCUT2D eigenvalue weighted by Gasteiger charge is 2.14. The van der Waals surface area contributed by atoms with E-state index < -0.39 is 16.6 Å². The molecule has 2 aromatic heterocycles. The first-order valence-corrected chi connectivity index (χ1v) is 8.14. The summed E-state index contributed by atoms with van der Waals surface area (Å²) in [5.41, 5.74) is 0.604. The molecule has 0 aliphatic rings. The first-order valence-electron chi connectivity index (χ1n) is 6.27. The number of aromatic nitrogens is 2. The summed E-state index contributed by atoms with van der Waals surface area (Å²) in [5.74, 6) is 0.848. The lowest BCUT2D eigenvalue weighted by molar-refractivity contribution is 0.389. The van der Waals surface area contributed by atoms with Crippen LogP contribution in [0.15, 0.2) is 45.5 Å². The average Bonchev–Trinajstić information content (AvgIpc) is 3.12. The first kappa shape index (κ1) is 14.9. The minimum Gasteiger partial charge on any atom is -0.461 e. The molecule has 1 atom stereocenters. The third kappa shape index (κ3) is 3.42. The van der Waals surface area contributed by atoms with Crippen LogP contribution in [0.3, 0.4) is 0 Å². The molecule has 0 aliphatic heterocycles. The molecular weight excluding hydrogens is 331 g/mol. The van der Waals surface area contributed by atoms with Crippen molar-refractivity contribution in [3.05, 3.63) is 58.9 Å². The van der Waals surface area contributed by atoms with Gasteiger partial charge >= 0.3 is 0 Å². The van der Waals surface area contributed by atoms with Gasteiger partial charge in [0.25, 0.3) is 0 Å². The maximum Gasteiger partial charge on any atom is 0.239 e. The summed E-state index contributed by atoms with van der Waals surface area (Å²) in [4.78, 5) is 4.11.